The first-order chi connectivity index (χ1) is 8.79. The highest BCUT2D eigenvalue weighted by molar-refractivity contribution is 7.10. The fourth-order valence-electron chi connectivity index (χ4n) is 1.40. The molecule has 2 rings (SSSR count). The Morgan fingerprint density at radius 2 is 2.16 bits per heavy atom. The lowest BCUT2D eigenvalue weighted by molar-refractivity contribution is -0.144. The quantitative estimate of drug-likeness (QED) is 0.924. The maximum atomic E-state index is 12.4. The first-order valence-electron chi connectivity index (χ1n) is 5.12. The van der Waals surface area contributed by atoms with Crippen molar-refractivity contribution in [1.82, 2.24) is 14.8 Å². The molecular formula is C10H9F3N4OS. The Kier molecular flexibility index (Phi) is 3.31. The largest absolute Gasteiger partial charge is 0.453 e. The lowest BCUT2D eigenvalue weighted by Crippen LogP contribution is -2.15. The molecule has 0 aromatic carbocycles. The number of thiophene rings is 1. The van der Waals surface area contributed by atoms with Gasteiger partial charge < -0.3 is 0 Å². The van der Waals surface area contributed by atoms with Crippen LogP contribution >= 0.6 is 11.3 Å². The third kappa shape index (κ3) is 2.75. The number of nitrogens with one attached hydrogen (secondary N) is 1. The Morgan fingerprint density at radius 3 is 2.63 bits per heavy atom. The number of aryl methyl sites for hydroxylation is 2. The predicted molar refractivity (Wildman–Crippen MR) is 63.0 cm³/mol. The zero-order valence-electron chi connectivity index (χ0n) is 9.95. The van der Waals surface area contributed by atoms with Crippen molar-refractivity contribution in [3.63, 3.8) is 0 Å². The van der Waals surface area contributed by atoms with Crippen LogP contribution in [0.15, 0.2) is 11.4 Å². The fourth-order valence-corrected chi connectivity index (χ4v) is 2.10. The number of hydrogen-bond donors (Lipinski definition) is 1. The van der Waals surface area contributed by atoms with Crippen LogP contribution in [0.3, 0.4) is 0 Å². The SMILES string of the molecule is Cc1sccc1C(=O)Nc1nc(C(F)(F)F)nn1C. The molecule has 1 N–H and O–H groups in total. The van der Waals surface area contributed by atoms with Crippen molar-refractivity contribution in [3.05, 3.63) is 27.7 Å². The molecule has 9 heteroatoms. The molecule has 0 fully saturated rings. The van der Waals surface area contributed by atoms with E-state index in [-0.39, 0.29) is 5.95 Å². The Hall–Kier alpha value is -1.90. The van der Waals surface area contributed by atoms with Crippen LogP contribution in [0.5, 0.6) is 0 Å². The molecule has 0 aliphatic heterocycles. The monoisotopic (exact) mass is 290 g/mol. The number of hydrogen-bond acceptors (Lipinski definition) is 4. The van der Waals surface area contributed by atoms with Gasteiger partial charge in [-0.15, -0.1) is 16.4 Å². The minimum absolute atomic E-state index is 0.247. The van der Waals surface area contributed by atoms with Gasteiger partial charge in [-0.1, -0.05) is 0 Å². The molecular weight excluding hydrogens is 281 g/mol. The van der Waals surface area contributed by atoms with Crippen LogP contribution in [0.1, 0.15) is 21.1 Å². The molecule has 0 radical (unpaired) electrons. The number of nitrogens with zero attached hydrogens (tertiary/aromatic N) is 3. The number of alkyl halides is 3. The van der Waals surface area contributed by atoms with E-state index in [0.29, 0.717) is 5.56 Å². The van der Waals surface area contributed by atoms with Crippen molar-refractivity contribution < 1.29 is 18.0 Å². The molecule has 0 unspecified atom stereocenters. The van der Waals surface area contributed by atoms with E-state index in [0.717, 1.165) is 9.56 Å². The lowest BCUT2D eigenvalue weighted by Gasteiger charge is -2.02. The van der Waals surface area contributed by atoms with Crippen LogP contribution in [0.25, 0.3) is 0 Å². The highest BCUT2D eigenvalue weighted by atomic mass is 32.1. The Labute approximate surface area is 110 Å². The first kappa shape index (κ1) is 13.5. The molecule has 2 aromatic rings. The van der Waals surface area contributed by atoms with E-state index < -0.39 is 17.9 Å². The van der Waals surface area contributed by atoms with Gasteiger partial charge in [0.05, 0.1) is 5.56 Å². The van der Waals surface area contributed by atoms with Crippen LogP contribution in [0, 0.1) is 6.92 Å². The van der Waals surface area contributed by atoms with Crippen molar-refractivity contribution in [2.75, 3.05) is 5.32 Å². The van der Waals surface area contributed by atoms with Crippen molar-refractivity contribution in [2.45, 2.75) is 13.1 Å². The predicted octanol–water partition coefficient (Wildman–Crippen LogP) is 2.46. The van der Waals surface area contributed by atoms with Crippen LogP contribution in [0.2, 0.25) is 0 Å². The molecule has 2 aromatic heterocycles. The summed E-state index contributed by atoms with van der Waals surface area (Å²) in [4.78, 5) is 15.9. The number of carbonyl (C=O) groups is 1. The van der Waals surface area contributed by atoms with Crippen LogP contribution in [-0.4, -0.2) is 20.7 Å². The van der Waals surface area contributed by atoms with Crippen molar-refractivity contribution >= 4 is 23.2 Å². The Bertz CT molecular complexity index is 617. The molecule has 0 aliphatic rings. The molecule has 0 saturated carbocycles. The van der Waals surface area contributed by atoms with Crippen LogP contribution in [0.4, 0.5) is 19.1 Å². The standard InChI is InChI=1S/C10H9F3N4OS/c1-5-6(3-4-19-5)7(18)14-9-15-8(10(11,12)13)16-17(9)2/h3-4H,1-2H3,(H,14,15,16,18). The number of aromatic nitrogens is 3. The second-order valence-corrected chi connectivity index (χ2v) is 4.85. The molecule has 0 bridgehead atoms. The van der Waals surface area contributed by atoms with E-state index >= 15 is 0 Å². The molecule has 102 valence electrons. The summed E-state index contributed by atoms with van der Waals surface area (Å²) in [6.07, 6.45) is -4.64. The van der Waals surface area contributed by atoms with Gasteiger partial charge in [-0.05, 0) is 18.4 Å². The van der Waals surface area contributed by atoms with E-state index in [2.05, 4.69) is 15.4 Å². The number of anilines is 1. The summed E-state index contributed by atoms with van der Waals surface area (Å²) in [5.41, 5.74) is 0.404. The molecule has 0 saturated heterocycles. The summed E-state index contributed by atoms with van der Waals surface area (Å²) in [6.45, 7) is 1.75. The molecule has 19 heavy (non-hydrogen) atoms. The Morgan fingerprint density at radius 1 is 1.47 bits per heavy atom. The second kappa shape index (κ2) is 4.65. The zero-order valence-corrected chi connectivity index (χ0v) is 10.8. The smallest absolute Gasteiger partial charge is 0.291 e. The van der Waals surface area contributed by atoms with E-state index in [1.807, 2.05) is 0 Å². The minimum atomic E-state index is -4.64. The van der Waals surface area contributed by atoms with Gasteiger partial charge in [0.15, 0.2) is 0 Å². The highest BCUT2D eigenvalue weighted by Crippen LogP contribution is 2.27. The van der Waals surface area contributed by atoms with E-state index in [1.165, 1.54) is 18.4 Å². The number of amides is 1. The van der Waals surface area contributed by atoms with Gasteiger partial charge in [-0.2, -0.15) is 18.2 Å². The molecule has 0 aliphatic carbocycles. The summed E-state index contributed by atoms with van der Waals surface area (Å²) in [5, 5.41) is 7.23. The normalized spacial score (nSPS) is 11.6. The summed E-state index contributed by atoms with van der Waals surface area (Å²) >= 11 is 1.37. The van der Waals surface area contributed by atoms with Gasteiger partial charge in [0.1, 0.15) is 0 Å². The van der Waals surface area contributed by atoms with Crippen molar-refractivity contribution in [1.29, 1.82) is 0 Å². The number of halogens is 3. The van der Waals surface area contributed by atoms with Crippen LogP contribution < -0.4 is 5.32 Å². The third-order valence-corrected chi connectivity index (χ3v) is 3.19. The molecule has 0 atom stereocenters. The van der Waals surface area contributed by atoms with Crippen LogP contribution in [-0.2, 0) is 13.2 Å². The molecule has 0 spiro atoms. The topological polar surface area (TPSA) is 59.8 Å². The van der Waals surface area contributed by atoms with Gasteiger partial charge in [-0.25, -0.2) is 4.68 Å². The Balaban J connectivity index is 2.23. The lowest BCUT2D eigenvalue weighted by atomic mass is 10.2. The van der Waals surface area contributed by atoms with Gasteiger partial charge in [0.25, 0.3) is 11.7 Å². The van der Waals surface area contributed by atoms with Crippen molar-refractivity contribution in [3.8, 4) is 0 Å². The second-order valence-electron chi connectivity index (χ2n) is 3.72. The summed E-state index contributed by atoms with van der Waals surface area (Å²) in [7, 11) is 1.28. The summed E-state index contributed by atoms with van der Waals surface area (Å²) in [6, 6.07) is 1.59. The van der Waals surface area contributed by atoms with Gasteiger partial charge in [-0.3, -0.25) is 10.1 Å². The third-order valence-electron chi connectivity index (χ3n) is 2.35. The van der Waals surface area contributed by atoms with Gasteiger partial charge in [0.2, 0.25) is 5.95 Å². The average molecular weight is 290 g/mol. The number of rotatable bonds is 2. The summed E-state index contributed by atoms with van der Waals surface area (Å²) in [5.74, 6) is -2.04. The van der Waals surface area contributed by atoms with E-state index in [4.69, 9.17) is 0 Å². The van der Waals surface area contributed by atoms with Gasteiger partial charge in [0, 0.05) is 11.9 Å². The fraction of sp³-hybridized carbons (Fsp3) is 0.300. The maximum Gasteiger partial charge on any atom is 0.453 e. The van der Waals surface area contributed by atoms with E-state index in [1.54, 1.807) is 18.4 Å². The number of carbonyl (C=O) groups excluding carboxylic acids is 1. The minimum Gasteiger partial charge on any atom is -0.291 e. The first-order valence-corrected chi connectivity index (χ1v) is 6.00. The van der Waals surface area contributed by atoms with Crippen molar-refractivity contribution in [2.24, 2.45) is 7.05 Å². The van der Waals surface area contributed by atoms with E-state index in [9.17, 15) is 18.0 Å². The maximum absolute atomic E-state index is 12.4. The molecule has 1 amide bonds. The summed E-state index contributed by atoms with van der Waals surface area (Å²) < 4.78 is 38.1. The highest BCUT2D eigenvalue weighted by Gasteiger charge is 2.37. The van der Waals surface area contributed by atoms with Gasteiger partial charge >= 0.3 is 6.18 Å². The zero-order chi connectivity index (χ0) is 14.2. The molecule has 5 nitrogen and oxygen atoms in total. The molecule has 2 heterocycles. The average Bonchev–Trinajstić information content (AvgIpc) is 2.85.